The number of hydrogen-bond donors (Lipinski definition) is 1. The van der Waals surface area contributed by atoms with Crippen LogP contribution in [0.25, 0.3) is 0 Å². The predicted octanol–water partition coefficient (Wildman–Crippen LogP) is 0.688. The molecule has 0 bridgehead atoms. The van der Waals surface area contributed by atoms with Crippen molar-refractivity contribution in [3.8, 4) is 0 Å². The predicted molar refractivity (Wildman–Crippen MR) is 37.1 cm³/mol. The number of rotatable bonds is 3. The van der Waals surface area contributed by atoms with E-state index in [1.54, 1.807) is 0 Å². The fraction of sp³-hybridized carbons (Fsp3) is 0.800. The number of nitrogens with two attached hydrogens (primary N) is 1. The van der Waals surface area contributed by atoms with E-state index in [2.05, 4.69) is 15.9 Å². The topological polar surface area (TPSA) is 43.1 Å². The molecule has 3 heteroatoms. The van der Waals surface area contributed by atoms with Gasteiger partial charge in [0.25, 0.3) is 0 Å². The van der Waals surface area contributed by atoms with Gasteiger partial charge in [-0.05, 0) is 6.42 Å². The highest BCUT2D eigenvalue weighted by Crippen LogP contribution is 1.91. The molecule has 0 rings (SSSR count). The van der Waals surface area contributed by atoms with Crippen LogP contribution in [0, 0.1) is 0 Å². The summed E-state index contributed by atoms with van der Waals surface area (Å²) in [5, 5.41) is 0.377. The Morgan fingerprint density at radius 2 is 2.38 bits per heavy atom. The van der Waals surface area contributed by atoms with Crippen molar-refractivity contribution in [3.05, 3.63) is 0 Å². The molecule has 0 saturated carbocycles. The van der Waals surface area contributed by atoms with Gasteiger partial charge in [0.15, 0.2) is 5.78 Å². The molecule has 0 fully saturated rings. The van der Waals surface area contributed by atoms with Crippen molar-refractivity contribution in [2.75, 3.05) is 5.33 Å². The second kappa shape index (κ2) is 4.04. The number of halogens is 1. The first-order chi connectivity index (χ1) is 3.72. The van der Waals surface area contributed by atoms with E-state index in [-0.39, 0.29) is 11.8 Å². The zero-order valence-electron chi connectivity index (χ0n) is 4.86. The van der Waals surface area contributed by atoms with Crippen LogP contribution in [0.15, 0.2) is 0 Å². The van der Waals surface area contributed by atoms with Crippen LogP contribution in [0.1, 0.15) is 13.3 Å². The Kier molecular flexibility index (Phi) is 4.09. The second-order valence-corrected chi connectivity index (χ2v) is 2.18. The van der Waals surface area contributed by atoms with Crippen molar-refractivity contribution in [3.63, 3.8) is 0 Å². The molecule has 0 spiro atoms. The lowest BCUT2D eigenvalue weighted by atomic mass is 10.2. The molecule has 0 aliphatic heterocycles. The highest BCUT2D eigenvalue weighted by atomic mass is 79.9. The number of carbonyl (C=O) groups is 1. The minimum Gasteiger partial charge on any atom is -0.321 e. The Bertz CT molecular complexity index is 84.5. The summed E-state index contributed by atoms with van der Waals surface area (Å²) in [6.07, 6.45) is 0.727. The standard InChI is InChI=1S/C5H10BrNO/c1-2-4(7)5(8)3-6/h4H,2-3,7H2,1H3/t4-/m1/s1. The fourth-order valence-corrected chi connectivity index (χ4v) is 0.743. The number of hydrogen-bond acceptors (Lipinski definition) is 2. The summed E-state index contributed by atoms with van der Waals surface area (Å²) in [6, 6.07) is -0.269. The zero-order chi connectivity index (χ0) is 6.57. The maximum Gasteiger partial charge on any atom is 0.159 e. The van der Waals surface area contributed by atoms with Crippen molar-refractivity contribution >= 4 is 21.7 Å². The van der Waals surface area contributed by atoms with Crippen LogP contribution < -0.4 is 5.73 Å². The number of Topliss-reactive ketones (excluding diaryl/α,β-unsaturated/α-hetero) is 1. The molecule has 2 N–H and O–H groups in total. The van der Waals surface area contributed by atoms with Gasteiger partial charge in [0.05, 0.1) is 11.4 Å². The van der Waals surface area contributed by atoms with Gasteiger partial charge in [-0.25, -0.2) is 0 Å². The van der Waals surface area contributed by atoms with E-state index >= 15 is 0 Å². The second-order valence-electron chi connectivity index (χ2n) is 1.61. The Labute approximate surface area is 57.6 Å². The minimum atomic E-state index is -0.269. The lowest BCUT2D eigenvalue weighted by molar-refractivity contribution is -0.117. The molecule has 0 saturated heterocycles. The molecule has 0 aliphatic carbocycles. The third-order valence-electron chi connectivity index (χ3n) is 0.985. The Balaban J connectivity index is 3.46. The van der Waals surface area contributed by atoms with Crippen molar-refractivity contribution < 1.29 is 4.79 Å². The Morgan fingerprint density at radius 3 is 2.50 bits per heavy atom. The van der Waals surface area contributed by atoms with Gasteiger partial charge in [-0.15, -0.1) is 0 Å². The molecule has 2 nitrogen and oxygen atoms in total. The first-order valence-electron chi connectivity index (χ1n) is 2.56. The fourth-order valence-electron chi connectivity index (χ4n) is 0.327. The number of alkyl halides is 1. The van der Waals surface area contributed by atoms with Crippen LogP contribution >= 0.6 is 15.9 Å². The normalized spacial score (nSPS) is 13.4. The quantitative estimate of drug-likeness (QED) is 0.649. The van der Waals surface area contributed by atoms with Gasteiger partial charge in [0.1, 0.15) is 0 Å². The van der Waals surface area contributed by atoms with E-state index in [1.165, 1.54) is 0 Å². The van der Waals surface area contributed by atoms with E-state index in [1.807, 2.05) is 6.92 Å². The highest BCUT2D eigenvalue weighted by molar-refractivity contribution is 9.09. The van der Waals surface area contributed by atoms with Gasteiger partial charge in [-0.3, -0.25) is 4.79 Å². The molecule has 0 amide bonds. The zero-order valence-corrected chi connectivity index (χ0v) is 6.44. The largest absolute Gasteiger partial charge is 0.321 e. The van der Waals surface area contributed by atoms with Crippen LogP contribution in [0.5, 0.6) is 0 Å². The van der Waals surface area contributed by atoms with Gasteiger partial charge < -0.3 is 5.73 Å². The minimum absolute atomic E-state index is 0.0764. The molecular formula is C5H10BrNO. The third kappa shape index (κ3) is 2.43. The van der Waals surface area contributed by atoms with E-state index in [9.17, 15) is 4.79 Å². The number of ketones is 1. The van der Waals surface area contributed by atoms with Crippen molar-refractivity contribution in [2.45, 2.75) is 19.4 Å². The van der Waals surface area contributed by atoms with Gasteiger partial charge in [0.2, 0.25) is 0 Å². The highest BCUT2D eigenvalue weighted by Gasteiger charge is 2.07. The van der Waals surface area contributed by atoms with E-state index in [0.717, 1.165) is 6.42 Å². The van der Waals surface area contributed by atoms with E-state index in [0.29, 0.717) is 5.33 Å². The summed E-state index contributed by atoms with van der Waals surface area (Å²) < 4.78 is 0. The lowest BCUT2D eigenvalue weighted by Gasteiger charge is -2.01. The maximum absolute atomic E-state index is 10.6. The summed E-state index contributed by atoms with van der Waals surface area (Å²) in [7, 11) is 0. The molecule has 8 heavy (non-hydrogen) atoms. The van der Waals surface area contributed by atoms with Crippen LogP contribution in [0.4, 0.5) is 0 Å². The van der Waals surface area contributed by atoms with Crippen LogP contribution in [0.3, 0.4) is 0 Å². The molecule has 0 radical (unpaired) electrons. The smallest absolute Gasteiger partial charge is 0.159 e. The molecule has 0 aliphatic rings. The van der Waals surface area contributed by atoms with Gasteiger partial charge in [-0.2, -0.15) is 0 Å². The molecule has 0 unspecified atom stereocenters. The summed E-state index contributed by atoms with van der Waals surface area (Å²) in [4.78, 5) is 10.6. The van der Waals surface area contributed by atoms with Crippen LogP contribution in [-0.4, -0.2) is 17.2 Å². The molecule has 0 aromatic heterocycles. The molecule has 48 valence electrons. The van der Waals surface area contributed by atoms with Crippen LogP contribution in [-0.2, 0) is 4.79 Å². The Morgan fingerprint density at radius 1 is 1.88 bits per heavy atom. The number of carbonyl (C=O) groups excluding carboxylic acids is 1. The summed E-state index contributed by atoms with van der Waals surface area (Å²) in [5.41, 5.74) is 5.35. The lowest BCUT2D eigenvalue weighted by Crippen LogP contribution is -2.30. The van der Waals surface area contributed by atoms with E-state index < -0.39 is 0 Å². The average molecular weight is 180 g/mol. The average Bonchev–Trinajstić information content (AvgIpc) is 1.84. The van der Waals surface area contributed by atoms with Gasteiger partial charge in [0, 0.05) is 0 Å². The molecule has 0 heterocycles. The van der Waals surface area contributed by atoms with E-state index in [4.69, 9.17) is 5.73 Å². The maximum atomic E-state index is 10.6. The summed E-state index contributed by atoms with van der Waals surface area (Å²) >= 11 is 3.03. The Hall–Kier alpha value is 0.110. The van der Waals surface area contributed by atoms with Crippen molar-refractivity contribution in [2.24, 2.45) is 5.73 Å². The molecule has 0 aromatic rings. The van der Waals surface area contributed by atoms with Crippen molar-refractivity contribution in [1.82, 2.24) is 0 Å². The summed E-state index contributed by atoms with van der Waals surface area (Å²) in [5.74, 6) is 0.0764. The third-order valence-corrected chi connectivity index (χ3v) is 1.54. The van der Waals surface area contributed by atoms with Gasteiger partial charge >= 0.3 is 0 Å². The monoisotopic (exact) mass is 179 g/mol. The SMILES string of the molecule is CC[C@@H](N)C(=O)CBr. The molecule has 0 aromatic carbocycles. The van der Waals surface area contributed by atoms with Crippen LogP contribution in [0.2, 0.25) is 0 Å². The van der Waals surface area contributed by atoms with Gasteiger partial charge in [-0.1, -0.05) is 22.9 Å². The van der Waals surface area contributed by atoms with Crippen molar-refractivity contribution in [1.29, 1.82) is 0 Å². The molecule has 1 atom stereocenters. The molecular weight excluding hydrogens is 170 g/mol. The first-order valence-corrected chi connectivity index (χ1v) is 3.68. The first kappa shape index (κ1) is 8.11. The summed E-state index contributed by atoms with van der Waals surface area (Å²) in [6.45, 7) is 1.89.